The van der Waals surface area contributed by atoms with Gasteiger partial charge in [0, 0.05) is 6.54 Å². The summed E-state index contributed by atoms with van der Waals surface area (Å²) in [6.45, 7) is 4.79. The zero-order valence-electron chi connectivity index (χ0n) is 11.6. The first kappa shape index (κ1) is 13.6. The van der Waals surface area contributed by atoms with Crippen molar-refractivity contribution < 1.29 is 4.74 Å². The van der Waals surface area contributed by atoms with Crippen LogP contribution in [0.2, 0.25) is 0 Å². The minimum absolute atomic E-state index is 0.562. The van der Waals surface area contributed by atoms with Crippen molar-refractivity contribution in [3.63, 3.8) is 0 Å². The molecule has 2 aromatic carbocycles. The number of hydrogen-bond donors (Lipinski definition) is 1. The highest BCUT2D eigenvalue weighted by molar-refractivity contribution is 5.40. The molecular formula is C17H21NO. The molecule has 0 atom stereocenters. The molecule has 2 rings (SSSR count). The first-order valence-corrected chi connectivity index (χ1v) is 6.79. The molecule has 19 heavy (non-hydrogen) atoms. The van der Waals surface area contributed by atoms with E-state index in [4.69, 9.17) is 10.5 Å². The Morgan fingerprint density at radius 1 is 1.00 bits per heavy atom. The van der Waals surface area contributed by atoms with Crippen molar-refractivity contribution in [3.8, 4) is 11.5 Å². The summed E-state index contributed by atoms with van der Waals surface area (Å²) < 4.78 is 5.90. The molecule has 0 unspecified atom stereocenters. The van der Waals surface area contributed by atoms with Crippen molar-refractivity contribution in [3.05, 3.63) is 59.2 Å². The topological polar surface area (TPSA) is 35.2 Å². The zero-order valence-corrected chi connectivity index (χ0v) is 11.6. The van der Waals surface area contributed by atoms with Crippen LogP contribution in [-0.4, -0.2) is 0 Å². The molecule has 0 saturated heterocycles. The van der Waals surface area contributed by atoms with Crippen LogP contribution < -0.4 is 10.5 Å². The lowest BCUT2D eigenvalue weighted by Crippen LogP contribution is -1.97. The molecular weight excluding hydrogens is 234 g/mol. The van der Waals surface area contributed by atoms with E-state index in [-0.39, 0.29) is 0 Å². The molecule has 2 aromatic rings. The van der Waals surface area contributed by atoms with Crippen LogP contribution in [0.5, 0.6) is 11.5 Å². The molecule has 0 radical (unpaired) electrons. The maximum Gasteiger partial charge on any atom is 0.130 e. The Balaban J connectivity index is 2.12. The van der Waals surface area contributed by atoms with E-state index in [0.717, 1.165) is 29.0 Å². The summed E-state index contributed by atoms with van der Waals surface area (Å²) in [5, 5.41) is 0. The highest BCUT2D eigenvalue weighted by atomic mass is 16.5. The van der Waals surface area contributed by atoms with Gasteiger partial charge >= 0.3 is 0 Å². The van der Waals surface area contributed by atoms with Gasteiger partial charge < -0.3 is 10.5 Å². The van der Waals surface area contributed by atoms with E-state index in [2.05, 4.69) is 25.1 Å². The van der Waals surface area contributed by atoms with Gasteiger partial charge in [0.05, 0.1) is 0 Å². The fraction of sp³-hybridized carbons (Fsp3) is 0.294. The van der Waals surface area contributed by atoms with E-state index in [9.17, 15) is 0 Å². The van der Waals surface area contributed by atoms with E-state index in [1.54, 1.807) is 0 Å². The normalized spacial score (nSPS) is 10.5. The smallest absolute Gasteiger partial charge is 0.130 e. The third-order valence-electron chi connectivity index (χ3n) is 3.16. The molecule has 0 amide bonds. The van der Waals surface area contributed by atoms with Crippen molar-refractivity contribution >= 4 is 0 Å². The summed E-state index contributed by atoms with van der Waals surface area (Å²) in [6.07, 6.45) is 2.28. The highest BCUT2D eigenvalue weighted by Gasteiger charge is 2.02. The Labute approximate surface area is 115 Å². The van der Waals surface area contributed by atoms with Gasteiger partial charge in [0.25, 0.3) is 0 Å². The molecule has 0 aliphatic rings. The standard InChI is InChI=1S/C17H21NO/c1-3-4-14-5-8-16(9-6-14)19-17-10-7-15(12-18)11-13(17)2/h5-11H,3-4,12,18H2,1-2H3. The molecule has 100 valence electrons. The van der Waals surface area contributed by atoms with Gasteiger partial charge in [0.15, 0.2) is 0 Å². The van der Waals surface area contributed by atoms with Crippen LogP contribution in [0.1, 0.15) is 30.0 Å². The van der Waals surface area contributed by atoms with Crippen molar-refractivity contribution in [1.29, 1.82) is 0 Å². The first-order chi connectivity index (χ1) is 9.22. The molecule has 2 N–H and O–H groups in total. The predicted octanol–water partition coefficient (Wildman–Crippen LogP) is 4.20. The third kappa shape index (κ3) is 3.58. The minimum atomic E-state index is 0.562. The summed E-state index contributed by atoms with van der Waals surface area (Å²) in [4.78, 5) is 0. The van der Waals surface area contributed by atoms with Crippen LogP contribution in [0.25, 0.3) is 0 Å². The summed E-state index contributed by atoms with van der Waals surface area (Å²) in [7, 11) is 0. The van der Waals surface area contributed by atoms with Gasteiger partial charge in [0.1, 0.15) is 11.5 Å². The van der Waals surface area contributed by atoms with Gasteiger partial charge in [-0.05, 0) is 48.2 Å². The summed E-state index contributed by atoms with van der Waals surface area (Å²) in [5.74, 6) is 1.77. The Bertz CT molecular complexity index is 531. The Hall–Kier alpha value is -1.80. The maximum atomic E-state index is 5.90. The van der Waals surface area contributed by atoms with Crippen molar-refractivity contribution in [1.82, 2.24) is 0 Å². The fourth-order valence-electron chi connectivity index (χ4n) is 2.09. The number of aryl methyl sites for hydroxylation is 2. The Morgan fingerprint density at radius 3 is 2.26 bits per heavy atom. The SMILES string of the molecule is CCCc1ccc(Oc2ccc(CN)cc2C)cc1. The van der Waals surface area contributed by atoms with Crippen molar-refractivity contribution in [2.45, 2.75) is 33.2 Å². The van der Waals surface area contributed by atoms with Gasteiger partial charge in [-0.15, -0.1) is 0 Å². The third-order valence-corrected chi connectivity index (χ3v) is 3.16. The molecule has 0 heterocycles. The lowest BCUT2D eigenvalue weighted by molar-refractivity contribution is 0.478. The molecule has 0 aliphatic heterocycles. The number of rotatable bonds is 5. The number of ether oxygens (including phenoxy) is 1. The molecule has 0 spiro atoms. The highest BCUT2D eigenvalue weighted by Crippen LogP contribution is 2.26. The quantitative estimate of drug-likeness (QED) is 0.869. The first-order valence-electron chi connectivity index (χ1n) is 6.79. The fourth-order valence-corrected chi connectivity index (χ4v) is 2.09. The summed E-state index contributed by atoms with van der Waals surface area (Å²) >= 11 is 0. The Morgan fingerprint density at radius 2 is 1.68 bits per heavy atom. The lowest BCUT2D eigenvalue weighted by atomic mass is 10.1. The summed E-state index contributed by atoms with van der Waals surface area (Å²) in [6, 6.07) is 14.4. The maximum absolute atomic E-state index is 5.90. The van der Waals surface area contributed by atoms with Gasteiger partial charge in [0.2, 0.25) is 0 Å². The molecule has 0 fully saturated rings. The van der Waals surface area contributed by atoms with Crippen molar-refractivity contribution in [2.24, 2.45) is 5.73 Å². The predicted molar refractivity (Wildman–Crippen MR) is 79.6 cm³/mol. The average molecular weight is 255 g/mol. The molecule has 2 nitrogen and oxygen atoms in total. The van der Waals surface area contributed by atoms with Gasteiger partial charge in [-0.25, -0.2) is 0 Å². The van der Waals surface area contributed by atoms with Crippen LogP contribution in [-0.2, 0) is 13.0 Å². The van der Waals surface area contributed by atoms with Gasteiger partial charge in [-0.2, -0.15) is 0 Å². The second-order valence-corrected chi connectivity index (χ2v) is 4.80. The number of nitrogens with two attached hydrogens (primary N) is 1. The Kier molecular flexibility index (Phi) is 4.58. The minimum Gasteiger partial charge on any atom is -0.457 e. The van der Waals surface area contributed by atoms with E-state index in [1.807, 2.05) is 31.2 Å². The second kappa shape index (κ2) is 6.39. The molecule has 0 bridgehead atoms. The largest absolute Gasteiger partial charge is 0.457 e. The monoisotopic (exact) mass is 255 g/mol. The van der Waals surface area contributed by atoms with E-state index in [1.165, 1.54) is 12.0 Å². The van der Waals surface area contributed by atoms with Crippen molar-refractivity contribution in [2.75, 3.05) is 0 Å². The summed E-state index contributed by atoms with van der Waals surface area (Å²) in [5.41, 5.74) is 9.22. The molecule has 2 heteroatoms. The van der Waals surface area contributed by atoms with E-state index in [0.29, 0.717) is 6.54 Å². The van der Waals surface area contributed by atoms with Crippen LogP contribution in [0.4, 0.5) is 0 Å². The molecule has 0 aliphatic carbocycles. The van der Waals surface area contributed by atoms with Crippen LogP contribution >= 0.6 is 0 Å². The van der Waals surface area contributed by atoms with E-state index < -0.39 is 0 Å². The van der Waals surface area contributed by atoms with Gasteiger partial charge in [-0.1, -0.05) is 37.6 Å². The van der Waals surface area contributed by atoms with Crippen LogP contribution in [0.15, 0.2) is 42.5 Å². The lowest BCUT2D eigenvalue weighted by Gasteiger charge is -2.10. The van der Waals surface area contributed by atoms with Crippen LogP contribution in [0, 0.1) is 6.92 Å². The number of benzene rings is 2. The zero-order chi connectivity index (χ0) is 13.7. The van der Waals surface area contributed by atoms with E-state index >= 15 is 0 Å². The molecule has 0 aromatic heterocycles. The average Bonchev–Trinajstić information content (AvgIpc) is 2.43. The van der Waals surface area contributed by atoms with Crippen LogP contribution in [0.3, 0.4) is 0 Å². The number of hydrogen-bond acceptors (Lipinski definition) is 2. The molecule has 0 saturated carbocycles. The second-order valence-electron chi connectivity index (χ2n) is 4.80. The van der Waals surface area contributed by atoms with Gasteiger partial charge in [-0.3, -0.25) is 0 Å².